The number of likely N-dealkylation sites (N-methyl/N-ethyl adjacent to an activating group) is 2. The highest BCUT2D eigenvalue weighted by atomic mass is 35.5. The second-order valence-corrected chi connectivity index (χ2v) is 7.25. The van der Waals surface area contributed by atoms with Gasteiger partial charge in [0.1, 0.15) is 15.7 Å². The summed E-state index contributed by atoms with van der Waals surface area (Å²) in [6.07, 6.45) is 0. The van der Waals surface area contributed by atoms with Crippen molar-refractivity contribution in [1.29, 1.82) is 0 Å². The molecule has 0 spiro atoms. The Morgan fingerprint density at radius 1 is 1.28 bits per heavy atom. The molecule has 1 amide bonds. The summed E-state index contributed by atoms with van der Waals surface area (Å²) in [4.78, 5) is 21.6. The van der Waals surface area contributed by atoms with E-state index in [1.807, 2.05) is 0 Å². The molecule has 1 heterocycles. The Morgan fingerprint density at radius 3 is 2.56 bits per heavy atom. The summed E-state index contributed by atoms with van der Waals surface area (Å²) >= 11 is 7.01. The molecule has 2 aromatic rings. The Bertz CT molecular complexity index is 746. The van der Waals surface area contributed by atoms with Crippen LogP contribution in [0.25, 0.3) is 10.6 Å². The molecule has 0 fully saturated rings. The van der Waals surface area contributed by atoms with Crippen molar-refractivity contribution in [2.45, 2.75) is 20.8 Å². The summed E-state index contributed by atoms with van der Waals surface area (Å²) in [5.41, 5.74) is 0.983. The van der Waals surface area contributed by atoms with Crippen LogP contribution in [0.1, 0.15) is 29.2 Å². The number of hydrogen-bond donors (Lipinski definition) is 0. The fourth-order valence-electron chi connectivity index (χ4n) is 2.48. The topological polar surface area (TPSA) is 36.4 Å². The molecule has 0 N–H and O–H groups in total. The van der Waals surface area contributed by atoms with Crippen molar-refractivity contribution in [3.8, 4) is 10.6 Å². The van der Waals surface area contributed by atoms with E-state index in [0.29, 0.717) is 32.7 Å². The van der Waals surface area contributed by atoms with Crippen molar-refractivity contribution in [2.75, 3.05) is 33.2 Å². The first-order chi connectivity index (χ1) is 11.9. The third-order valence-corrected chi connectivity index (χ3v) is 5.56. The van der Waals surface area contributed by atoms with E-state index in [1.54, 1.807) is 31.0 Å². The third kappa shape index (κ3) is 4.77. The first-order valence-electron chi connectivity index (χ1n) is 8.28. The zero-order valence-electron chi connectivity index (χ0n) is 15.0. The Hall–Kier alpha value is -1.50. The van der Waals surface area contributed by atoms with Gasteiger partial charge in [0, 0.05) is 30.7 Å². The predicted octanol–water partition coefficient (Wildman–Crippen LogP) is 4.32. The average molecular weight is 384 g/mol. The van der Waals surface area contributed by atoms with Crippen LogP contribution in [0.5, 0.6) is 0 Å². The molecule has 0 atom stereocenters. The van der Waals surface area contributed by atoms with Gasteiger partial charge in [0.25, 0.3) is 5.91 Å². The van der Waals surface area contributed by atoms with Crippen LogP contribution >= 0.6 is 22.9 Å². The number of nitrogens with zero attached hydrogens (tertiary/aromatic N) is 3. The van der Waals surface area contributed by atoms with E-state index < -0.39 is 5.82 Å². The zero-order chi connectivity index (χ0) is 18.6. The monoisotopic (exact) mass is 383 g/mol. The van der Waals surface area contributed by atoms with Crippen molar-refractivity contribution in [3.63, 3.8) is 0 Å². The van der Waals surface area contributed by atoms with Gasteiger partial charge in [-0.25, -0.2) is 9.37 Å². The zero-order valence-corrected chi connectivity index (χ0v) is 16.5. The van der Waals surface area contributed by atoms with Gasteiger partial charge in [0.15, 0.2) is 0 Å². The van der Waals surface area contributed by atoms with Gasteiger partial charge in [-0.15, -0.1) is 11.3 Å². The van der Waals surface area contributed by atoms with Crippen molar-refractivity contribution >= 4 is 28.8 Å². The molecule has 0 saturated carbocycles. The Labute approximate surface area is 157 Å². The lowest BCUT2D eigenvalue weighted by Crippen LogP contribution is -2.36. The minimum absolute atomic E-state index is 0.0808. The Morgan fingerprint density at radius 2 is 1.96 bits per heavy atom. The van der Waals surface area contributed by atoms with Crippen LogP contribution in [0.15, 0.2) is 18.2 Å². The van der Waals surface area contributed by atoms with Crippen molar-refractivity contribution in [3.05, 3.63) is 39.6 Å². The lowest BCUT2D eigenvalue weighted by Gasteiger charge is -2.22. The van der Waals surface area contributed by atoms with Crippen LogP contribution in [0.2, 0.25) is 5.02 Å². The molecule has 4 nitrogen and oxygen atoms in total. The molecule has 0 unspecified atom stereocenters. The minimum Gasteiger partial charge on any atom is -0.340 e. The number of carbonyl (C=O) groups excluding carboxylic acids is 1. The van der Waals surface area contributed by atoms with Gasteiger partial charge in [-0.2, -0.15) is 0 Å². The molecule has 2 rings (SSSR count). The summed E-state index contributed by atoms with van der Waals surface area (Å²) in [5.74, 6) is -0.516. The van der Waals surface area contributed by atoms with Crippen LogP contribution < -0.4 is 0 Å². The molecule has 7 heteroatoms. The molecular formula is C18H23ClFN3OS. The second kappa shape index (κ2) is 8.74. The molecular weight excluding hydrogens is 361 g/mol. The van der Waals surface area contributed by atoms with Crippen LogP contribution in [0.4, 0.5) is 4.39 Å². The number of amides is 1. The molecule has 25 heavy (non-hydrogen) atoms. The van der Waals surface area contributed by atoms with Crippen LogP contribution in [0.3, 0.4) is 0 Å². The fourth-order valence-corrected chi connectivity index (χ4v) is 3.73. The van der Waals surface area contributed by atoms with Gasteiger partial charge in [-0.3, -0.25) is 4.79 Å². The molecule has 0 aliphatic rings. The van der Waals surface area contributed by atoms with E-state index in [2.05, 4.69) is 23.7 Å². The second-order valence-electron chi connectivity index (χ2n) is 5.81. The predicted molar refractivity (Wildman–Crippen MR) is 102 cm³/mol. The molecule has 1 aromatic carbocycles. The first kappa shape index (κ1) is 19.8. The average Bonchev–Trinajstić information content (AvgIpc) is 2.96. The molecule has 136 valence electrons. The summed E-state index contributed by atoms with van der Waals surface area (Å²) in [7, 11) is 1.79. The number of carbonyl (C=O) groups is 1. The summed E-state index contributed by atoms with van der Waals surface area (Å²) in [5, 5.41) is 0.828. The highest BCUT2D eigenvalue weighted by molar-refractivity contribution is 7.17. The number of benzene rings is 1. The van der Waals surface area contributed by atoms with Crippen LogP contribution in [0, 0.1) is 12.7 Å². The summed E-state index contributed by atoms with van der Waals surface area (Å²) in [6, 6.07) is 4.47. The highest BCUT2D eigenvalue weighted by Gasteiger charge is 2.21. The van der Waals surface area contributed by atoms with Crippen molar-refractivity contribution < 1.29 is 9.18 Å². The van der Waals surface area contributed by atoms with Gasteiger partial charge >= 0.3 is 0 Å². The molecule has 0 bridgehead atoms. The first-order valence-corrected chi connectivity index (χ1v) is 9.47. The summed E-state index contributed by atoms with van der Waals surface area (Å²) < 4.78 is 14.1. The highest BCUT2D eigenvalue weighted by Crippen LogP contribution is 2.31. The quantitative estimate of drug-likeness (QED) is 0.714. The Kier molecular flexibility index (Phi) is 6.93. The largest absolute Gasteiger partial charge is 0.340 e. The molecule has 0 aliphatic carbocycles. The van der Waals surface area contributed by atoms with E-state index in [1.165, 1.54) is 17.4 Å². The lowest BCUT2D eigenvalue weighted by atomic mass is 10.2. The molecule has 1 aromatic heterocycles. The standard InChI is InChI=1S/C18H23ClFN3OS/c1-5-23(6-2)10-9-22(4)18(24)16-12(3)21-17(25-16)14-8-7-13(19)11-15(14)20/h7-8,11H,5-6,9-10H2,1-4H3. The maximum atomic E-state index is 14.1. The summed E-state index contributed by atoms with van der Waals surface area (Å²) in [6.45, 7) is 9.36. The third-order valence-electron chi connectivity index (χ3n) is 4.15. The smallest absolute Gasteiger partial charge is 0.265 e. The normalized spacial score (nSPS) is 11.2. The number of rotatable bonds is 7. The number of aryl methyl sites for hydroxylation is 1. The number of thiazole rings is 1. The van der Waals surface area contributed by atoms with Gasteiger partial charge in [-0.05, 0) is 38.2 Å². The van der Waals surface area contributed by atoms with Crippen molar-refractivity contribution in [2.24, 2.45) is 0 Å². The molecule has 0 aliphatic heterocycles. The minimum atomic E-state index is -0.435. The van der Waals surface area contributed by atoms with Crippen molar-refractivity contribution in [1.82, 2.24) is 14.8 Å². The van der Waals surface area contributed by atoms with E-state index in [-0.39, 0.29) is 5.91 Å². The number of hydrogen-bond acceptors (Lipinski definition) is 4. The van der Waals surface area contributed by atoms with E-state index in [9.17, 15) is 9.18 Å². The SMILES string of the molecule is CCN(CC)CCN(C)C(=O)c1sc(-c2ccc(Cl)cc2F)nc1C. The maximum absolute atomic E-state index is 14.1. The Balaban J connectivity index is 2.17. The molecule has 0 radical (unpaired) electrons. The van der Waals surface area contributed by atoms with Gasteiger partial charge < -0.3 is 9.80 Å². The van der Waals surface area contributed by atoms with Gasteiger partial charge in [0.2, 0.25) is 0 Å². The lowest BCUT2D eigenvalue weighted by molar-refractivity contribution is 0.0783. The fraction of sp³-hybridized carbons (Fsp3) is 0.444. The van der Waals surface area contributed by atoms with Gasteiger partial charge in [-0.1, -0.05) is 25.4 Å². The van der Waals surface area contributed by atoms with Crippen LogP contribution in [-0.2, 0) is 0 Å². The number of aromatic nitrogens is 1. The van der Waals surface area contributed by atoms with E-state index in [0.717, 1.165) is 19.6 Å². The van der Waals surface area contributed by atoms with Gasteiger partial charge in [0.05, 0.1) is 5.69 Å². The maximum Gasteiger partial charge on any atom is 0.265 e. The molecule has 0 saturated heterocycles. The van der Waals surface area contributed by atoms with E-state index in [4.69, 9.17) is 11.6 Å². The van der Waals surface area contributed by atoms with E-state index >= 15 is 0 Å². The number of halogens is 2. The van der Waals surface area contributed by atoms with Crippen LogP contribution in [-0.4, -0.2) is 53.9 Å².